The van der Waals surface area contributed by atoms with Crippen molar-refractivity contribution < 1.29 is 33.3 Å². The number of hydrogen-bond acceptors (Lipinski definition) is 7. The molecule has 0 saturated carbocycles. The molecule has 0 amide bonds. The van der Waals surface area contributed by atoms with Crippen LogP contribution >= 0.6 is 15.9 Å². The zero-order valence-electron chi connectivity index (χ0n) is 10.8. The van der Waals surface area contributed by atoms with E-state index in [9.17, 15) is 14.4 Å². The molecule has 0 aliphatic carbocycles. The summed E-state index contributed by atoms with van der Waals surface area (Å²) in [5.41, 5.74) is 0. The van der Waals surface area contributed by atoms with Crippen molar-refractivity contribution >= 4 is 33.8 Å². The van der Waals surface area contributed by atoms with Crippen molar-refractivity contribution in [2.24, 2.45) is 0 Å². The lowest BCUT2D eigenvalue weighted by Crippen LogP contribution is -2.40. The van der Waals surface area contributed by atoms with E-state index in [0.29, 0.717) is 0 Å². The second-order valence-corrected chi connectivity index (χ2v) is 4.88. The maximum atomic E-state index is 11.1. The van der Waals surface area contributed by atoms with Gasteiger partial charge in [0, 0.05) is 20.8 Å². The molecule has 0 unspecified atom stereocenters. The Kier molecular flexibility index (Phi) is 5.74. The normalized spacial score (nSPS) is 29.7. The first-order chi connectivity index (χ1) is 8.81. The Morgan fingerprint density at radius 1 is 1.00 bits per heavy atom. The van der Waals surface area contributed by atoms with Crippen LogP contribution in [0.3, 0.4) is 0 Å². The Bertz CT molecular complexity index is 370. The van der Waals surface area contributed by atoms with Crippen LogP contribution in [0.15, 0.2) is 0 Å². The van der Waals surface area contributed by atoms with Gasteiger partial charge in [-0.3, -0.25) is 14.4 Å². The molecule has 1 saturated heterocycles. The minimum Gasteiger partial charge on any atom is -0.463 e. The largest absolute Gasteiger partial charge is 0.463 e. The van der Waals surface area contributed by atoms with Crippen LogP contribution in [0.4, 0.5) is 0 Å². The van der Waals surface area contributed by atoms with Crippen LogP contribution < -0.4 is 0 Å². The molecule has 1 aliphatic heterocycles. The van der Waals surface area contributed by atoms with Crippen LogP contribution in [0, 0.1) is 0 Å². The summed E-state index contributed by atoms with van der Waals surface area (Å²) in [4.78, 5) is 32.9. The summed E-state index contributed by atoms with van der Waals surface area (Å²) in [6.07, 6.45) is -2.31. The number of esters is 3. The standard InChI is InChI=1S/C11H15BrO7/c1-5(13)16-4-8-9(17-6(2)14)10(11(12)19-8)18-7(3)15/h8-11H,4H2,1-3H3/t8-,9-,10+,11-/m0/s1. The highest BCUT2D eigenvalue weighted by Crippen LogP contribution is 2.30. The molecule has 1 rings (SSSR count). The first kappa shape index (κ1) is 15.9. The minimum absolute atomic E-state index is 0.0901. The van der Waals surface area contributed by atoms with Crippen molar-refractivity contribution in [3.8, 4) is 0 Å². The fraction of sp³-hybridized carbons (Fsp3) is 0.727. The summed E-state index contributed by atoms with van der Waals surface area (Å²) >= 11 is 3.18. The van der Waals surface area contributed by atoms with Crippen molar-refractivity contribution in [3.63, 3.8) is 0 Å². The molecule has 0 spiro atoms. The van der Waals surface area contributed by atoms with Gasteiger partial charge in [0.25, 0.3) is 0 Å². The second-order valence-electron chi connectivity index (χ2n) is 3.98. The molecule has 0 bridgehead atoms. The Hall–Kier alpha value is -1.15. The molecule has 19 heavy (non-hydrogen) atoms. The number of ether oxygens (including phenoxy) is 4. The van der Waals surface area contributed by atoms with E-state index < -0.39 is 41.2 Å². The lowest BCUT2D eigenvalue weighted by Gasteiger charge is -2.22. The molecule has 8 heteroatoms. The van der Waals surface area contributed by atoms with Gasteiger partial charge < -0.3 is 18.9 Å². The number of hydrogen-bond donors (Lipinski definition) is 0. The Morgan fingerprint density at radius 3 is 2.00 bits per heavy atom. The van der Waals surface area contributed by atoms with Gasteiger partial charge in [0.2, 0.25) is 0 Å². The number of carbonyl (C=O) groups is 3. The topological polar surface area (TPSA) is 88.1 Å². The fourth-order valence-corrected chi connectivity index (χ4v) is 2.35. The van der Waals surface area contributed by atoms with Gasteiger partial charge >= 0.3 is 17.9 Å². The monoisotopic (exact) mass is 338 g/mol. The van der Waals surface area contributed by atoms with Crippen LogP contribution in [-0.2, 0) is 33.3 Å². The third-order valence-corrected chi connectivity index (χ3v) is 3.05. The van der Waals surface area contributed by atoms with Gasteiger partial charge in [0.05, 0.1) is 0 Å². The van der Waals surface area contributed by atoms with Crippen LogP contribution in [0.5, 0.6) is 0 Å². The quantitative estimate of drug-likeness (QED) is 0.419. The summed E-state index contributed by atoms with van der Waals surface area (Å²) in [7, 11) is 0. The predicted molar refractivity (Wildman–Crippen MR) is 65.3 cm³/mol. The van der Waals surface area contributed by atoms with E-state index in [4.69, 9.17) is 18.9 Å². The van der Waals surface area contributed by atoms with Crippen molar-refractivity contribution in [1.29, 1.82) is 0 Å². The number of alkyl halides is 1. The van der Waals surface area contributed by atoms with Gasteiger partial charge in [-0.05, 0) is 0 Å². The van der Waals surface area contributed by atoms with Gasteiger partial charge in [-0.2, -0.15) is 0 Å². The first-order valence-electron chi connectivity index (χ1n) is 5.58. The molecule has 0 aromatic carbocycles. The summed E-state index contributed by atoms with van der Waals surface area (Å²) in [6.45, 7) is 3.64. The lowest BCUT2D eigenvalue weighted by molar-refractivity contribution is -0.165. The average Bonchev–Trinajstić information content (AvgIpc) is 2.53. The molecule has 4 atom stereocenters. The van der Waals surface area contributed by atoms with Gasteiger partial charge in [0.1, 0.15) is 12.7 Å². The second kappa shape index (κ2) is 6.85. The summed E-state index contributed by atoms with van der Waals surface area (Å²) in [5.74, 6) is -1.55. The smallest absolute Gasteiger partial charge is 0.303 e. The van der Waals surface area contributed by atoms with E-state index >= 15 is 0 Å². The molecular formula is C11H15BrO7. The van der Waals surface area contributed by atoms with Crippen LogP contribution in [0.25, 0.3) is 0 Å². The highest BCUT2D eigenvalue weighted by molar-refractivity contribution is 9.09. The fourth-order valence-electron chi connectivity index (χ4n) is 1.66. The van der Waals surface area contributed by atoms with E-state index in [2.05, 4.69) is 15.9 Å². The average molecular weight is 339 g/mol. The van der Waals surface area contributed by atoms with Gasteiger partial charge in [-0.1, -0.05) is 15.9 Å². The maximum absolute atomic E-state index is 11.1. The first-order valence-corrected chi connectivity index (χ1v) is 6.50. The molecule has 1 heterocycles. The van der Waals surface area contributed by atoms with Gasteiger partial charge in [0.15, 0.2) is 17.2 Å². The zero-order valence-corrected chi connectivity index (χ0v) is 12.3. The Morgan fingerprint density at radius 2 is 1.53 bits per heavy atom. The SMILES string of the molecule is CC(=O)OC[C@@H]1O[C@H](Br)[C@H](OC(C)=O)[C@H]1OC(C)=O. The maximum Gasteiger partial charge on any atom is 0.303 e. The number of carbonyl (C=O) groups excluding carboxylic acids is 3. The van der Waals surface area contributed by atoms with Crippen molar-refractivity contribution in [1.82, 2.24) is 0 Å². The highest BCUT2D eigenvalue weighted by atomic mass is 79.9. The van der Waals surface area contributed by atoms with E-state index in [1.165, 1.54) is 20.8 Å². The molecule has 1 fully saturated rings. The minimum atomic E-state index is -0.829. The van der Waals surface area contributed by atoms with E-state index in [0.717, 1.165) is 0 Å². The van der Waals surface area contributed by atoms with Crippen LogP contribution in [-0.4, -0.2) is 47.8 Å². The Labute approximate surface area is 118 Å². The van der Waals surface area contributed by atoms with Crippen molar-refractivity contribution in [2.75, 3.05) is 6.61 Å². The molecule has 7 nitrogen and oxygen atoms in total. The molecular weight excluding hydrogens is 324 g/mol. The molecule has 108 valence electrons. The number of rotatable bonds is 4. The third kappa shape index (κ3) is 4.79. The van der Waals surface area contributed by atoms with E-state index in [-0.39, 0.29) is 6.61 Å². The summed E-state index contributed by atoms with van der Waals surface area (Å²) in [6, 6.07) is 0. The third-order valence-electron chi connectivity index (χ3n) is 2.31. The zero-order chi connectivity index (χ0) is 14.6. The lowest BCUT2D eigenvalue weighted by atomic mass is 10.1. The van der Waals surface area contributed by atoms with Crippen LogP contribution in [0.1, 0.15) is 20.8 Å². The summed E-state index contributed by atoms with van der Waals surface area (Å²) < 4.78 is 20.4. The molecule has 0 aromatic rings. The van der Waals surface area contributed by atoms with E-state index in [1.54, 1.807) is 0 Å². The molecule has 0 radical (unpaired) electrons. The van der Waals surface area contributed by atoms with Crippen molar-refractivity contribution in [3.05, 3.63) is 0 Å². The molecule has 0 aromatic heterocycles. The van der Waals surface area contributed by atoms with Crippen LogP contribution in [0.2, 0.25) is 0 Å². The molecule has 0 N–H and O–H groups in total. The highest BCUT2D eigenvalue weighted by Gasteiger charge is 2.48. The predicted octanol–water partition coefficient (Wildman–Crippen LogP) is 0.533. The Balaban J connectivity index is 2.76. The number of halogens is 1. The summed E-state index contributed by atoms with van der Waals surface area (Å²) in [5, 5.41) is -0.638. The molecule has 1 aliphatic rings. The van der Waals surface area contributed by atoms with E-state index in [1.807, 2.05) is 0 Å². The van der Waals surface area contributed by atoms with Crippen molar-refractivity contribution in [2.45, 2.75) is 44.1 Å². The van der Waals surface area contributed by atoms with Gasteiger partial charge in [-0.15, -0.1) is 0 Å². The van der Waals surface area contributed by atoms with Gasteiger partial charge in [-0.25, -0.2) is 0 Å².